The van der Waals surface area contributed by atoms with Gasteiger partial charge in [0.05, 0.1) is 11.4 Å². The standard InChI is InChI=1S/C16H14ClN3O3S/c1-11-5-7-12(8-6-11)16-19-15(23-20-16)10-18-24(21,22)14-4-2-3-13(17)9-14/h2-9,18H,10H2,1H3. The van der Waals surface area contributed by atoms with Crippen LogP contribution in [0.2, 0.25) is 5.02 Å². The van der Waals surface area contributed by atoms with Crippen LogP contribution in [0.25, 0.3) is 11.4 Å². The van der Waals surface area contributed by atoms with Gasteiger partial charge < -0.3 is 4.52 Å². The number of aromatic nitrogens is 2. The molecular formula is C16H14ClN3O3S. The Kier molecular flexibility index (Phi) is 4.66. The summed E-state index contributed by atoms with van der Waals surface area (Å²) in [4.78, 5) is 4.27. The van der Waals surface area contributed by atoms with Crippen molar-refractivity contribution in [3.05, 3.63) is 65.0 Å². The molecule has 0 saturated heterocycles. The van der Waals surface area contributed by atoms with Crippen LogP contribution in [0.3, 0.4) is 0 Å². The second-order valence-corrected chi connectivity index (χ2v) is 7.36. The second kappa shape index (κ2) is 6.72. The first-order valence-corrected chi connectivity index (χ1v) is 8.95. The Labute approximate surface area is 144 Å². The van der Waals surface area contributed by atoms with E-state index in [1.54, 1.807) is 12.1 Å². The number of rotatable bonds is 5. The molecule has 0 spiro atoms. The minimum atomic E-state index is -3.70. The fourth-order valence-electron chi connectivity index (χ4n) is 2.02. The SMILES string of the molecule is Cc1ccc(-c2noc(CNS(=O)(=O)c3cccc(Cl)c3)n2)cc1. The molecule has 0 aliphatic carbocycles. The van der Waals surface area contributed by atoms with Gasteiger partial charge in [-0.15, -0.1) is 0 Å². The van der Waals surface area contributed by atoms with Crippen LogP contribution >= 0.6 is 11.6 Å². The minimum Gasteiger partial charge on any atom is -0.338 e. The van der Waals surface area contributed by atoms with E-state index in [2.05, 4.69) is 14.9 Å². The normalized spacial score (nSPS) is 11.6. The van der Waals surface area contributed by atoms with Gasteiger partial charge in [0.25, 0.3) is 0 Å². The molecule has 1 heterocycles. The van der Waals surface area contributed by atoms with Crippen molar-refractivity contribution in [1.82, 2.24) is 14.9 Å². The molecule has 6 nitrogen and oxygen atoms in total. The molecule has 8 heteroatoms. The first kappa shape index (κ1) is 16.6. The summed E-state index contributed by atoms with van der Waals surface area (Å²) < 4.78 is 31.9. The van der Waals surface area contributed by atoms with E-state index in [1.807, 2.05) is 31.2 Å². The predicted octanol–water partition coefficient (Wildman–Crippen LogP) is 3.18. The first-order valence-electron chi connectivity index (χ1n) is 7.09. The number of hydrogen-bond acceptors (Lipinski definition) is 5. The quantitative estimate of drug-likeness (QED) is 0.752. The number of aryl methyl sites for hydroxylation is 1. The topological polar surface area (TPSA) is 85.1 Å². The van der Waals surface area contributed by atoms with E-state index in [9.17, 15) is 8.42 Å². The van der Waals surface area contributed by atoms with Crippen LogP contribution in [0.4, 0.5) is 0 Å². The summed E-state index contributed by atoms with van der Waals surface area (Å²) in [5.74, 6) is 0.586. The average Bonchev–Trinajstić information content (AvgIpc) is 3.03. The fraction of sp³-hybridized carbons (Fsp3) is 0.125. The molecule has 1 aromatic heterocycles. The summed E-state index contributed by atoms with van der Waals surface area (Å²) >= 11 is 5.82. The lowest BCUT2D eigenvalue weighted by Crippen LogP contribution is -2.23. The fourth-order valence-corrected chi connectivity index (χ4v) is 3.30. The van der Waals surface area contributed by atoms with Gasteiger partial charge >= 0.3 is 0 Å². The lowest BCUT2D eigenvalue weighted by Gasteiger charge is -2.04. The van der Waals surface area contributed by atoms with Crippen LogP contribution < -0.4 is 4.72 Å². The van der Waals surface area contributed by atoms with Crippen molar-refractivity contribution < 1.29 is 12.9 Å². The van der Waals surface area contributed by atoms with E-state index in [4.69, 9.17) is 16.1 Å². The van der Waals surface area contributed by atoms with Gasteiger partial charge in [-0.3, -0.25) is 0 Å². The molecule has 0 atom stereocenters. The van der Waals surface area contributed by atoms with Crippen molar-refractivity contribution in [2.24, 2.45) is 0 Å². The van der Waals surface area contributed by atoms with Gasteiger partial charge in [-0.1, -0.05) is 52.7 Å². The predicted molar refractivity (Wildman–Crippen MR) is 89.9 cm³/mol. The zero-order valence-electron chi connectivity index (χ0n) is 12.7. The van der Waals surface area contributed by atoms with Crippen LogP contribution in [-0.2, 0) is 16.6 Å². The Morgan fingerprint density at radius 3 is 2.62 bits per heavy atom. The zero-order chi connectivity index (χ0) is 17.2. The Morgan fingerprint density at radius 2 is 1.92 bits per heavy atom. The van der Waals surface area contributed by atoms with Gasteiger partial charge in [0.15, 0.2) is 0 Å². The van der Waals surface area contributed by atoms with E-state index in [0.29, 0.717) is 10.8 Å². The Hall–Kier alpha value is -2.22. The Bertz CT molecular complexity index is 953. The van der Waals surface area contributed by atoms with Crippen LogP contribution in [0.1, 0.15) is 11.5 Å². The molecule has 3 rings (SSSR count). The van der Waals surface area contributed by atoms with Crippen molar-refractivity contribution in [3.63, 3.8) is 0 Å². The molecule has 0 fully saturated rings. The summed E-state index contributed by atoms with van der Waals surface area (Å²) in [6.07, 6.45) is 0. The van der Waals surface area contributed by atoms with E-state index in [-0.39, 0.29) is 17.3 Å². The van der Waals surface area contributed by atoms with Crippen LogP contribution in [0, 0.1) is 6.92 Å². The van der Waals surface area contributed by atoms with Crippen molar-refractivity contribution >= 4 is 21.6 Å². The highest BCUT2D eigenvalue weighted by Gasteiger charge is 2.16. The molecule has 2 aromatic carbocycles. The summed E-state index contributed by atoms with van der Waals surface area (Å²) in [6.45, 7) is 1.88. The van der Waals surface area contributed by atoms with Crippen molar-refractivity contribution in [2.45, 2.75) is 18.4 Å². The number of sulfonamides is 1. The smallest absolute Gasteiger partial charge is 0.242 e. The number of halogens is 1. The highest BCUT2D eigenvalue weighted by Crippen LogP contribution is 2.18. The van der Waals surface area contributed by atoms with Gasteiger partial charge in [-0.05, 0) is 25.1 Å². The maximum Gasteiger partial charge on any atom is 0.242 e. The third-order valence-electron chi connectivity index (χ3n) is 3.30. The van der Waals surface area contributed by atoms with E-state index in [0.717, 1.165) is 11.1 Å². The lowest BCUT2D eigenvalue weighted by atomic mass is 10.1. The van der Waals surface area contributed by atoms with E-state index in [1.165, 1.54) is 12.1 Å². The zero-order valence-corrected chi connectivity index (χ0v) is 14.3. The first-order chi connectivity index (χ1) is 11.4. The van der Waals surface area contributed by atoms with Crippen molar-refractivity contribution in [1.29, 1.82) is 0 Å². The lowest BCUT2D eigenvalue weighted by molar-refractivity contribution is 0.376. The van der Waals surface area contributed by atoms with E-state index < -0.39 is 10.0 Å². The highest BCUT2D eigenvalue weighted by molar-refractivity contribution is 7.89. The third kappa shape index (κ3) is 3.81. The van der Waals surface area contributed by atoms with E-state index >= 15 is 0 Å². The minimum absolute atomic E-state index is 0.0771. The molecule has 24 heavy (non-hydrogen) atoms. The molecule has 0 amide bonds. The Balaban J connectivity index is 1.72. The maximum absolute atomic E-state index is 12.2. The van der Waals surface area contributed by atoms with Crippen LogP contribution in [0.15, 0.2) is 57.9 Å². The molecular weight excluding hydrogens is 350 g/mol. The van der Waals surface area contributed by atoms with Gasteiger partial charge in [0, 0.05) is 10.6 Å². The van der Waals surface area contributed by atoms with Crippen molar-refractivity contribution in [2.75, 3.05) is 0 Å². The molecule has 3 aromatic rings. The molecule has 124 valence electrons. The number of nitrogens with one attached hydrogen (secondary N) is 1. The molecule has 0 aliphatic rings. The molecule has 1 N–H and O–H groups in total. The molecule has 0 saturated carbocycles. The summed E-state index contributed by atoms with van der Waals surface area (Å²) in [5, 5.41) is 4.21. The highest BCUT2D eigenvalue weighted by atomic mass is 35.5. The third-order valence-corrected chi connectivity index (χ3v) is 4.93. The summed E-state index contributed by atoms with van der Waals surface area (Å²) in [7, 11) is -3.70. The Morgan fingerprint density at radius 1 is 1.17 bits per heavy atom. The molecule has 0 bridgehead atoms. The van der Waals surface area contributed by atoms with Crippen LogP contribution in [-0.4, -0.2) is 18.6 Å². The van der Waals surface area contributed by atoms with Crippen LogP contribution in [0.5, 0.6) is 0 Å². The second-order valence-electron chi connectivity index (χ2n) is 5.16. The van der Waals surface area contributed by atoms with Gasteiger partial charge in [0.1, 0.15) is 0 Å². The van der Waals surface area contributed by atoms with Gasteiger partial charge in [0.2, 0.25) is 21.7 Å². The maximum atomic E-state index is 12.2. The number of benzene rings is 2. The van der Waals surface area contributed by atoms with Crippen molar-refractivity contribution in [3.8, 4) is 11.4 Å². The number of hydrogen-bond donors (Lipinski definition) is 1. The van der Waals surface area contributed by atoms with Gasteiger partial charge in [-0.25, -0.2) is 13.1 Å². The summed E-state index contributed by atoms with van der Waals surface area (Å²) in [5.41, 5.74) is 1.92. The van der Waals surface area contributed by atoms with Gasteiger partial charge in [-0.2, -0.15) is 4.98 Å². The number of nitrogens with zero attached hydrogens (tertiary/aromatic N) is 2. The average molecular weight is 364 g/mol. The molecule has 0 aliphatic heterocycles. The molecule has 0 radical (unpaired) electrons. The largest absolute Gasteiger partial charge is 0.338 e. The molecule has 0 unspecified atom stereocenters. The summed E-state index contributed by atoms with van der Waals surface area (Å²) in [6, 6.07) is 13.6. The monoisotopic (exact) mass is 363 g/mol.